The van der Waals surface area contributed by atoms with Gasteiger partial charge < -0.3 is 15.0 Å². The fourth-order valence-corrected chi connectivity index (χ4v) is 2.98. The summed E-state index contributed by atoms with van der Waals surface area (Å²) in [6.07, 6.45) is -4.54. The molecular formula is C13H19F3N6O3S. The first-order valence-corrected chi connectivity index (χ1v) is 8.82. The van der Waals surface area contributed by atoms with Crippen LogP contribution in [0.25, 0.3) is 0 Å². The van der Waals surface area contributed by atoms with Gasteiger partial charge in [0.05, 0.1) is 19.0 Å². The molecule has 2 N–H and O–H groups in total. The summed E-state index contributed by atoms with van der Waals surface area (Å²) in [5.41, 5.74) is 0. The van der Waals surface area contributed by atoms with Crippen LogP contribution in [0.1, 0.15) is 6.92 Å². The molecule has 1 saturated heterocycles. The summed E-state index contributed by atoms with van der Waals surface area (Å²) in [7, 11) is 0. The molecule has 2 heterocycles. The summed E-state index contributed by atoms with van der Waals surface area (Å²) >= 11 is 1.05. The first-order valence-electron chi connectivity index (χ1n) is 7.83. The van der Waals surface area contributed by atoms with Crippen molar-refractivity contribution in [3.8, 4) is 0 Å². The van der Waals surface area contributed by atoms with E-state index in [2.05, 4.69) is 10.2 Å². The highest BCUT2D eigenvalue weighted by Crippen LogP contribution is 2.22. The maximum Gasteiger partial charge on any atom is 0.405 e. The van der Waals surface area contributed by atoms with Gasteiger partial charge in [-0.05, 0) is 6.92 Å². The van der Waals surface area contributed by atoms with E-state index in [0.717, 1.165) is 11.8 Å². The quantitative estimate of drug-likeness (QED) is 0.680. The van der Waals surface area contributed by atoms with Crippen LogP contribution in [0, 0.1) is 0 Å². The number of ether oxygens (including phenoxy) is 1. The van der Waals surface area contributed by atoms with Crippen LogP contribution < -0.4 is 15.5 Å². The molecule has 13 heteroatoms. The highest BCUT2D eigenvalue weighted by Gasteiger charge is 2.28. The van der Waals surface area contributed by atoms with E-state index in [1.54, 1.807) is 5.32 Å². The van der Waals surface area contributed by atoms with Gasteiger partial charge in [0.25, 0.3) is 0 Å². The van der Waals surface area contributed by atoms with E-state index in [1.807, 2.05) is 21.7 Å². The van der Waals surface area contributed by atoms with E-state index < -0.39 is 24.7 Å². The number of nitrogens with one attached hydrogen (secondary N) is 2. The Morgan fingerprint density at radius 2 is 1.96 bits per heavy atom. The van der Waals surface area contributed by atoms with Crippen molar-refractivity contribution in [1.29, 1.82) is 0 Å². The van der Waals surface area contributed by atoms with E-state index in [9.17, 15) is 22.8 Å². The van der Waals surface area contributed by atoms with Crippen molar-refractivity contribution in [1.82, 2.24) is 25.4 Å². The molecule has 146 valence electrons. The van der Waals surface area contributed by atoms with Crippen LogP contribution in [-0.2, 0) is 16.1 Å². The fraction of sp³-hybridized carbons (Fsp3) is 0.692. The molecule has 0 unspecified atom stereocenters. The SMILES string of the molecule is CCn1c(SCC(=O)NC(=O)NCC(F)(F)F)nnc1N1CCOCC1. The third kappa shape index (κ3) is 6.05. The third-order valence-electron chi connectivity index (χ3n) is 3.34. The Labute approximate surface area is 151 Å². The molecule has 1 aliphatic rings. The van der Waals surface area contributed by atoms with Crippen LogP contribution in [0.3, 0.4) is 0 Å². The minimum absolute atomic E-state index is 0.180. The maximum atomic E-state index is 12.0. The molecule has 1 aromatic heterocycles. The Morgan fingerprint density at radius 3 is 2.58 bits per heavy atom. The van der Waals surface area contributed by atoms with Crippen molar-refractivity contribution >= 4 is 29.6 Å². The predicted molar refractivity (Wildman–Crippen MR) is 87.0 cm³/mol. The van der Waals surface area contributed by atoms with Gasteiger partial charge in [-0.2, -0.15) is 13.2 Å². The Balaban J connectivity index is 1.85. The van der Waals surface area contributed by atoms with E-state index in [4.69, 9.17) is 4.74 Å². The molecule has 1 aromatic rings. The van der Waals surface area contributed by atoms with Crippen molar-refractivity contribution in [3.05, 3.63) is 0 Å². The van der Waals surface area contributed by atoms with Crippen LogP contribution in [0.5, 0.6) is 0 Å². The Morgan fingerprint density at radius 1 is 1.27 bits per heavy atom. The monoisotopic (exact) mass is 396 g/mol. The smallest absolute Gasteiger partial charge is 0.378 e. The number of morpholine rings is 1. The van der Waals surface area contributed by atoms with Gasteiger partial charge in [-0.1, -0.05) is 11.8 Å². The van der Waals surface area contributed by atoms with Gasteiger partial charge in [0.1, 0.15) is 6.54 Å². The largest absolute Gasteiger partial charge is 0.405 e. The number of alkyl halides is 3. The molecule has 1 aliphatic heterocycles. The highest BCUT2D eigenvalue weighted by atomic mass is 32.2. The predicted octanol–water partition coefficient (Wildman–Crippen LogP) is 0.615. The van der Waals surface area contributed by atoms with E-state index in [-0.39, 0.29) is 5.75 Å². The first-order chi connectivity index (χ1) is 12.3. The van der Waals surface area contributed by atoms with Crippen molar-refractivity contribution in [2.75, 3.05) is 43.5 Å². The minimum Gasteiger partial charge on any atom is -0.378 e. The van der Waals surface area contributed by atoms with Gasteiger partial charge in [0.2, 0.25) is 11.9 Å². The number of halogens is 3. The van der Waals surface area contributed by atoms with Crippen molar-refractivity contribution < 1.29 is 27.5 Å². The van der Waals surface area contributed by atoms with Gasteiger partial charge in [-0.3, -0.25) is 14.7 Å². The number of hydrogen-bond donors (Lipinski definition) is 2. The number of urea groups is 1. The molecular weight excluding hydrogens is 377 g/mol. The number of imide groups is 1. The molecule has 0 aliphatic carbocycles. The molecule has 0 spiro atoms. The summed E-state index contributed by atoms with van der Waals surface area (Å²) in [5.74, 6) is -0.240. The highest BCUT2D eigenvalue weighted by molar-refractivity contribution is 7.99. The van der Waals surface area contributed by atoms with Crippen LogP contribution in [-0.4, -0.2) is 71.5 Å². The minimum atomic E-state index is -4.54. The fourth-order valence-electron chi connectivity index (χ4n) is 2.18. The van der Waals surface area contributed by atoms with Crippen molar-refractivity contribution in [3.63, 3.8) is 0 Å². The normalized spacial score (nSPS) is 15.0. The lowest BCUT2D eigenvalue weighted by atomic mass is 10.4. The summed E-state index contributed by atoms with van der Waals surface area (Å²) in [6.45, 7) is 3.53. The van der Waals surface area contributed by atoms with Crippen molar-refractivity contribution in [2.24, 2.45) is 0 Å². The molecule has 0 saturated carbocycles. The summed E-state index contributed by atoms with van der Waals surface area (Å²) in [6, 6.07) is -1.20. The molecule has 0 atom stereocenters. The number of nitrogens with zero attached hydrogens (tertiary/aromatic N) is 4. The van der Waals surface area contributed by atoms with Gasteiger partial charge in [0, 0.05) is 19.6 Å². The molecule has 26 heavy (non-hydrogen) atoms. The Kier molecular flexibility index (Phi) is 7.08. The topological polar surface area (TPSA) is 101 Å². The maximum absolute atomic E-state index is 12.0. The number of aromatic nitrogens is 3. The number of rotatable bonds is 6. The Bertz CT molecular complexity index is 633. The standard InChI is InChI=1S/C13H19F3N6O3S/c1-2-22-11(21-3-5-25-6-4-21)19-20-12(22)26-7-9(23)18-10(24)17-8-13(14,15)16/h2-8H2,1H3,(H2,17,18,23,24). The number of carbonyl (C=O) groups excluding carboxylic acids is 2. The lowest BCUT2D eigenvalue weighted by Crippen LogP contribution is -2.43. The number of carbonyl (C=O) groups is 2. The van der Waals surface area contributed by atoms with Crippen LogP contribution in [0.2, 0.25) is 0 Å². The molecule has 2 rings (SSSR count). The second-order valence-corrected chi connectivity index (χ2v) is 6.20. The lowest BCUT2D eigenvalue weighted by molar-refractivity contribution is -0.124. The summed E-state index contributed by atoms with van der Waals surface area (Å²) < 4.78 is 43.1. The van der Waals surface area contributed by atoms with E-state index in [1.165, 1.54) is 0 Å². The zero-order valence-corrected chi connectivity index (χ0v) is 14.8. The molecule has 0 radical (unpaired) electrons. The van der Waals surface area contributed by atoms with Gasteiger partial charge in [-0.25, -0.2) is 4.79 Å². The van der Waals surface area contributed by atoms with Crippen LogP contribution >= 0.6 is 11.8 Å². The van der Waals surface area contributed by atoms with Gasteiger partial charge in [-0.15, -0.1) is 10.2 Å². The Hall–Kier alpha value is -2.02. The number of hydrogen-bond acceptors (Lipinski definition) is 7. The van der Waals surface area contributed by atoms with Gasteiger partial charge >= 0.3 is 12.2 Å². The van der Waals surface area contributed by atoms with Crippen LogP contribution in [0.4, 0.5) is 23.9 Å². The summed E-state index contributed by atoms with van der Waals surface area (Å²) in [5, 5.41) is 12.1. The first kappa shape index (κ1) is 20.3. The number of anilines is 1. The molecule has 0 bridgehead atoms. The second kappa shape index (κ2) is 9.07. The lowest BCUT2D eigenvalue weighted by Gasteiger charge is -2.27. The van der Waals surface area contributed by atoms with Gasteiger partial charge in [0.15, 0.2) is 5.16 Å². The average Bonchev–Trinajstić information content (AvgIpc) is 3.01. The van der Waals surface area contributed by atoms with E-state index in [0.29, 0.717) is 44.0 Å². The second-order valence-electron chi connectivity index (χ2n) is 5.26. The number of thioether (sulfide) groups is 1. The zero-order chi connectivity index (χ0) is 19.2. The van der Waals surface area contributed by atoms with Crippen LogP contribution in [0.15, 0.2) is 5.16 Å². The zero-order valence-electron chi connectivity index (χ0n) is 14.0. The molecule has 1 fully saturated rings. The van der Waals surface area contributed by atoms with E-state index >= 15 is 0 Å². The molecule has 9 nitrogen and oxygen atoms in total. The third-order valence-corrected chi connectivity index (χ3v) is 4.31. The molecule has 3 amide bonds. The number of amides is 3. The average molecular weight is 396 g/mol. The summed E-state index contributed by atoms with van der Waals surface area (Å²) in [4.78, 5) is 25.0. The van der Waals surface area contributed by atoms with Crippen molar-refractivity contribution in [2.45, 2.75) is 24.8 Å². The molecule has 0 aromatic carbocycles.